The molecule has 0 aliphatic heterocycles. The second kappa shape index (κ2) is 5.08. The second-order valence-electron chi connectivity index (χ2n) is 3.06. The Bertz CT molecular complexity index is 419. The predicted octanol–water partition coefficient (Wildman–Crippen LogP) is 0.272. The van der Waals surface area contributed by atoms with Crippen LogP contribution in [0.2, 0.25) is 0 Å². The molecule has 1 rings (SSSR count). The van der Waals surface area contributed by atoms with Crippen molar-refractivity contribution in [2.24, 2.45) is 5.84 Å². The van der Waals surface area contributed by atoms with Gasteiger partial charge in [-0.2, -0.15) is 0 Å². The maximum atomic E-state index is 10.8. The Labute approximate surface area is 91.3 Å². The Morgan fingerprint density at radius 1 is 1.62 bits per heavy atom. The van der Waals surface area contributed by atoms with Gasteiger partial charge in [0.2, 0.25) is 0 Å². The van der Waals surface area contributed by atoms with Crippen LogP contribution in [0.15, 0.2) is 18.2 Å². The molecule has 0 saturated heterocycles. The standard InChI is InChI=1S/C9H11N3O4/c1-6-2-3-7(12(14)15)4-8(6)16-5-9(13)11-10/h2-4H,5,10H2,1H3,(H,11,13). The molecule has 0 aromatic heterocycles. The Balaban J connectivity index is 2.82. The minimum Gasteiger partial charge on any atom is -0.483 e. The quantitative estimate of drug-likeness (QED) is 0.331. The number of rotatable bonds is 4. The van der Waals surface area contributed by atoms with Gasteiger partial charge in [0.1, 0.15) is 5.75 Å². The number of carbonyl (C=O) groups is 1. The number of benzene rings is 1. The molecule has 1 aromatic carbocycles. The summed E-state index contributed by atoms with van der Waals surface area (Å²) < 4.78 is 5.08. The van der Waals surface area contributed by atoms with Crippen LogP contribution in [-0.2, 0) is 4.79 Å². The van der Waals surface area contributed by atoms with Crippen molar-refractivity contribution >= 4 is 11.6 Å². The lowest BCUT2D eigenvalue weighted by molar-refractivity contribution is -0.384. The van der Waals surface area contributed by atoms with Crippen molar-refractivity contribution in [3.05, 3.63) is 33.9 Å². The normalized spacial score (nSPS) is 9.62. The number of aryl methyl sites for hydroxylation is 1. The molecule has 16 heavy (non-hydrogen) atoms. The van der Waals surface area contributed by atoms with Gasteiger partial charge in [0.15, 0.2) is 6.61 Å². The van der Waals surface area contributed by atoms with E-state index in [-0.39, 0.29) is 18.0 Å². The number of nitrogens with one attached hydrogen (secondary N) is 1. The van der Waals surface area contributed by atoms with Gasteiger partial charge in [-0.15, -0.1) is 0 Å². The summed E-state index contributed by atoms with van der Waals surface area (Å²) in [6.07, 6.45) is 0. The number of hydrazine groups is 1. The molecule has 0 atom stereocenters. The van der Waals surface area contributed by atoms with Crippen LogP contribution in [0, 0.1) is 17.0 Å². The Hall–Kier alpha value is -2.15. The number of nitro benzene ring substituents is 1. The highest BCUT2D eigenvalue weighted by Crippen LogP contribution is 2.23. The van der Waals surface area contributed by atoms with Crippen molar-refractivity contribution in [2.75, 3.05) is 6.61 Å². The van der Waals surface area contributed by atoms with E-state index in [1.165, 1.54) is 12.1 Å². The zero-order valence-corrected chi connectivity index (χ0v) is 8.60. The van der Waals surface area contributed by atoms with E-state index in [2.05, 4.69) is 0 Å². The number of ether oxygens (including phenoxy) is 1. The molecule has 0 spiro atoms. The number of hydrogen-bond donors (Lipinski definition) is 2. The summed E-state index contributed by atoms with van der Waals surface area (Å²) >= 11 is 0. The molecule has 0 heterocycles. The summed E-state index contributed by atoms with van der Waals surface area (Å²) in [5.41, 5.74) is 2.51. The molecule has 0 saturated carbocycles. The molecule has 0 aliphatic carbocycles. The molecule has 1 aromatic rings. The third kappa shape index (κ3) is 2.92. The van der Waals surface area contributed by atoms with Crippen LogP contribution >= 0.6 is 0 Å². The van der Waals surface area contributed by atoms with Crippen LogP contribution in [-0.4, -0.2) is 17.4 Å². The van der Waals surface area contributed by atoms with E-state index < -0.39 is 10.8 Å². The molecule has 1 amide bonds. The molecule has 0 fully saturated rings. The molecule has 0 radical (unpaired) electrons. The molecular weight excluding hydrogens is 214 g/mol. The van der Waals surface area contributed by atoms with Crippen LogP contribution in [0.25, 0.3) is 0 Å². The largest absolute Gasteiger partial charge is 0.483 e. The van der Waals surface area contributed by atoms with E-state index in [4.69, 9.17) is 10.6 Å². The number of hydrogen-bond acceptors (Lipinski definition) is 5. The topological polar surface area (TPSA) is 107 Å². The van der Waals surface area contributed by atoms with Gasteiger partial charge in [0.25, 0.3) is 11.6 Å². The maximum absolute atomic E-state index is 10.8. The SMILES string of the molecule is Cc1ccc([N+](=O)[O-])cc1OCC(=O)NN. The lowest BCUT2D eigenvalue weighted by atomic mass is 10.2. The van der Waals surface area contributed by atoms with Crippen molar-refractivity contribution in [3.63, 3.8) is 0 Å². The minimum atomic E-state index is -0.532. The third-order valence-corrected chi connectivity index (χ3v) is 1.90. The summed E-state index contributed by atoms with van der Waals surface area (Å²) in [5.74, 6) is 4.65. The number of nitrogens with zero attached hydrogens (tertiary/aromatic N) is 1. The smallest absolute Gasteiger partial charge is 0.273 e. The van der Waals surface area contributed by atoms with Crippen LogP contribution in [0.3, 0.4) is 0 Å². The first kappa shape index (κ1) is 11.9. The Morgan fingerprint density at radius 3 is 2.88 bits per heavy atom. The maximum Gasteiger partial charge on any atom is 0.273 e. The van der Waals surface area contributed by atoms with Crippen molar-refractivity contribution in [3.8, 4) is 5.75 Å². The highest BCUT2D eigenvalue weighted by atomic mass is 16.6. The summed E-state index contributed by atoms with van der Waals surface area (Å²) in [6, 6.07) is 4.18. The van der Waals surface area contributed by atoms with Gasteiger partial charge < -0.3 is 4.74 Å². The summed E-state index contributed by atoms with van der Waals surface area (Å²) in [5, 5.41) is 10.5. The van der Waals surface area contributed by atoms with Crippen LogP contribution in [0.5, 0.6) is 5.75 Å². The zero-order valence-electron chi connectivity index (χ0n) is 8.60. The fourth-order valence-electron chi connectivity index (χ4n) is 1.04. The van der Waals surface area contributed by atoms with E-state index >= 15 is 0 Å². The highest BCUT2D eigenvalue weighted by molar-refractivity contribution is 5.76. The fourth-order valence-corrected chi connectivity index (χ4v) is 1.04. The van der Waals surface area contributed by atoms with Gasteiger partial charge in [-0.25, -0.2) is 5.84 Å². The van der Waals surface area contributed by atoms with E-state index in [9.17, 15) is 14.9 Å². The molecule has 3 N–H and O–H groups in total. The van der Waals surface area contributed by atoms with Crippen molar-refractivity contribution in [1.82, 2.24) is 5.43 Å². The van der Waals surface area contributed by atoms with Crippen LogP contribution in [0.1, 0.15) is 5.56 Å². The monoisotopic (exact) mass is 225 g/mol. The van der Waals surface area contributed by atoms with Gasteiger partial charge in [-0.1, -0.05) is 0 Å². The molecule has 0 unspecified atom stereocenters. The van der Waals surface area contributed by atoms with E-state index in [1.807, 2.05) is 5.43 Å². The summed E-state index contributed by atoms with van der Waals surface area (Å²) in [4.78, 5) is 20.8. The molecule has 86 valence electrons. The Kier molecular flexibility index (Phi) is 3.78. The van der Waals surface area contributed by atoms with E-state index in [0.717, 1.165) is 0 Å². The third-order valence-electron chi connectivity index (χ3n) is 1.90. The van der Waals surface area contributed by atoms with Gasteiger partial charge in [-0.3, -0.25) is 20.3 Å². The molecular formula is C9H11N3O4. The summed E-state index contributed by atoms with van der Waals surface area (Å²) in [7, 11) is 0. The van der Waals surface area contributed by atoms with Gasteiger partial charge in [0.05, 0.1) is 11.0 Å². The van der Waals surface area contributed by atoms with Gasteiger partial charge in [-0.05, 0) is 18.6 Å². The molecule has 7 nitrogen and oxygen atoms in total. The zero-order chi connectivity index (χ0) is 12.1. The first-order valence-corrected chi connectivity index (χ1v) is 4.42. The second-order valence-corrected chi connectivity index (χ2v) is 3.06. The number of amides is 1. The first-order chi connectivity index (χ1) is 7.54. The fraction of sp³-hybridized carbons (Fsp3) is 0.222. The number of carbonyl (C=O) groups excluding carboxylic acids is 1. The van der Waals surface area contributed by atoms with E-state index in [1.54, 1.807) is 13.0 Å². The first-order valence-electron chi connectivity index (χ1n) is 4.42. The molecule has 0 bridgehead atoms. The number of nitro groups is 1. The average molecular weight is 225 g/mol. The van der Waals surface area contributed by atoms with Gasteiger partial charge >= 0.3 is 0 Å². The predicted molar refractivity (Wildman–Crippen MR) is 55.7 cm³/mol. The molecule has 0 aliphatic rings. The average Bonchev–Trinajstić information content (AvgIpc) is 2.27. The highest BCUT2D eigenvalue weighted by Gasteiger charge is 2.10. The van der Waals surface area contributed by atoms with Crippen molar-refractivity contribution in [1.29, 1.82) is 0 Å². The lowest BCUT2D eigenvalue weighted by Crippen LogP contribution is -2.34. The van der Waals surface area contributed by atoms with Crippen LogP contribution < -0.4 is 16.0 Å². The van der Waals surface area contributed by atoms with E-state index in [0.29, 0.717) is 5.56 Å². The van der Waals surface area contributed by atoms with Crippen molar-refractivity contribution < 1.29 is 14.5 Å². The van der Waals surface area contributed by atoms with Gasteiger partial charge in [0, 0.05) is 6.07 Å². The number of non-ortho nitro benzene ring substituents is 1. The molecule has 7 heteroatoms. The lowest BCUT2D eigenvalue weighted by Gasteiger charge is -2.07. The van der Waals surface area contributed by atoms with Crippen LogP contribution in [0.4, 0.5) is 5.69 Å². The minimum absolute atomic E-state index is 0.0891. The number of nitrogens with two attached hydrogens (primary N) is 1. The van der Waals surface area contributed by atoms with Crippen molar-refractivity contribution in [2.45, 2.75) is 6.92 Å². The summed E-state index contributed by atoms with van der Waals surface area (Å²) in [6.45, 7) is 1.44. The Morgan fingerprint density at radius 2 is 2.31 bits per heavy atom.